The lowest BCUT2D eigenvalue weighted by atomic mass is 10.0. The lowest BCUT2D eigenvalue weighted by molar-refractivity contribution is -0.131. The molecule has 0 aliphatic rings. The van der Waals surface area contributed by atoms with E-state index in [1.165, 1.54) is 0 Å². The lowest BCUT2D eigenvalue weighted by Crippen LogP contribution is -2.17. The van der Waals surface area contributed by atoms with Gasteiger partial charge in [-0.3, -0.25) is 5.32 Å². The highest BCUT2D eigenvalue weighted by atomic mass is 16.6. The number of anilines is 1. The van der Waals surface area contributed by atoms with Crippen molar-refractivity contribution in [3.8, 4) is 5.75 Å². The Kier molecular flexibility index (Phi) is 9.40. The van der Waals surface area contributed by atoms with Crippen molar-refractivity contribution in [3.63, 3.8) is 0 Å². The van der Waals surface area contributed by atoms with Crippen LogP contribution in [-0.2, 0) is 9.53 Å². The molecule has 0 saturated heterocycles. The van der Waals surface area contributed by atoms with Crippen molar-refractivity contribution in [2.75, 3.05) is 18.5 Å². The molecule has 7 heteroatoms. The van der Waals surface area contributed by atoms with Gasteiger partial charge in [0.15, 0.2) is 0 Å². The number of hydrogen-bond acceptors (Lipinski definition) is 5. The van der Waals surface area contributed by atoms with Crippen molar-refractivity contribution in [2.24, 2.45) is 0 Å². The maximum atomic E-state index is 12.4. The van der Waals surface area contributed by atoms with E-state index < -0.39 is 18.2 Å². The van der Waals surface area contributed by atoms with Crippen LogP contribution in [0.2, 0.25) is 0 Å². The van der Waals surface area contributed by atoms with E-state index >= 15 is 0 Å². The molecule has 0 unspecified atom stereocenters. The van der Waals surface area contributed by atoms with Crippen LogP contribution >= 0.6 is 0 Å². The number of amides is 1. The molecule has 7 nitrogen and oxygen atoms in total. The Morgan fingerprint density at radius 2 is 1.80 bits per heavy atom. The quantitative estimate of drug-likeness (QED) is 0.371. The fraction of sp³-hybridized carbons (Fsp3) is 0.304. The number of aliphatic hydroxyl groups is 1. The summed E-state index contributed by atoms with van der Waals surface area (Å²) >= 11 is 0. The summed E-state index contributed by atoms with van der Waals surface area (Å²) in [7, 11) is 0. The van der Waals surface area contributed by atoms with Crippen molar-refractivity contribution in [1.82, 2.24) is 0 Å². The first-order valence-electron chi connectivity index (χ1n) is 9.75. The summed E-state index contributed by atoms with van der Waals surface area (Å²) in [5.41, 5.74) is 2.53. The summed E-state index contributed by atoms with van der Waals surface area (Å²) in [4.78, 5) is 23.0. The Morgan fingerprint density at radius 1 is 1.10 bits per heavy atom. The smallest absolute Gasteiger partial charge is 0.412 e. The lowest BCUT2D eigenvalue weighted by Gasteiger charge is -2.19. The third-order valence-corrected chi connectivity index (χ3v) is 4.26. The fourth-order valence-corrected chi connectivity index (χ4v) is 2.75. The van der Waals surface area contributed by atoms with Crippen LogP contribution < -0.4 is 10.1 Å². The SMILES string of the molecule is Cc1ccc(NC(=O)O[C@H](CCC/C=C/C(=O)O)c2ccc(OCCO)cc2)cc1. The summed E-state index contributed by atoms with van der Waals surface area (Å²) in [5, 5.41) is 20.2. The number of carbonyl (C=O) groups excluding carboxylic acids is 1. The number of aliphatic carboxylic acids is 1. The van der Waals surface area contributed by atoms with Gasteiger partial charge < -0.3 is 19.7 Å². The normalized spacial score (nSPS) is 11.8. The number of unbranched alkanes of at least 4 members (excludes halogenated alkanes) is 1. The van der Waals surface area contributed by atoms with Crippen LogP contribution in [0, 0.1) is 6.92 Å². The van der Waals surface area contributed by atoms with Crippen LogP contribution in [0.25, 0.3) is 0 Å². The molecule has 0 aliphatic carbocycles. The van der Waals surface area contributed by atoms with Crippen LogP contribution in [0.5, 0.6) is 5.75 Å². The van der Waals surface area contributed by atoms with Crippen LogP contribution in [-0.4, -0.2) is 35.5 Å². The van der Waals surface area contributed by atoms with E-state index in [1.807, 2.05) is 31.2 Å². The van der Waals surface area contributed by atoms with Gasteiger partial charge in [-0.1, -0.05) is 35.9 Å². The number of carboxylic acids is 1. The molecule has 1 amide bonds. The monoisotopic (exact) mass is 413 g/mol. The number of aryl methyl sites for hydroxylation is 1. The van der Waals surface area contributed by atoms with E-state index in [0.29, 0.717) is 30.7 Å². The molecule has 0 aromatic heterocycles. The minimum atomic E-state index is -0.987. The van der Waals surface area contributed by atoms with E-state index in [4.69, 9.17) is 19.7 Å². The molecule has 1 atom stereocenters. The number of hydrogen-bond donors (Lipinski definition) is 3. The van der Waals surface area contributed by atoms with E-state index in [0.717, 1.165) is 17.2 Å². The number of aliphatic hydroxyl groups excluding tert-OH is 1. The summed E-state index contributed by atoms with van der Waals surface area (Å²) in [6.45, 7) is 2.09. The number of rotatable bonds is 11. The summed E-state index contributed by atoms with van der Waals surface area (Å²) in [6.07, 6.45) is 3.36. The standard InChI is InChI=1S/C23H27NO6/c1-17-7-11-19(12-8-17)24-23(28)30-21(5-3-2-4-6-22(26)27)18-9-13-20(14-10-18)29-16-15-25/h4,6-14,21,25H,2-3,5,15-16H2,1H3,(H,24,28)(H,26,27)/b6-4+/t21-/m1/s1. The number of carbonyl (C=O) groups is 2. The van der Waals surface area contributed by atoms with Gasteiger partial charge in [-0.15, -0.1) is 0 Å². The van der Waals surface area contributed by atoms with Crippen molar-refractivity contribution in [3.05, 3.63) is 71.8 Å². The molecule has 2 aromatic rings. The molecule has 0 bridgehead atoms. The first-order chi connectivity index (χ1) is 14.5. The van der Waals surface area contributed by atoms with Crippen LogP contribution in [0.1, 0.15) is 36.5 Å². The molecule has 0 spiro atoms. The van der Waals surface area contributed by atoms with Gasteiger partial charge in [0, 0.05) is 11.8 Å². The number of ether oxygens (including phenoxy) is 2. The first-order valence-corrected chi connectivity index (χ1v) is 9.75. The summed E-state index contributed by atoms with van der Waals surface area (Å²) in [6, 6.07) is 14.5. The molecule has 3 N–H and O–H groups in total. The van der Waals surface area contributed by atoms with Gasteiger partial charge in [-0.25, -0.2) is 9.59 Å². The summed E-state index contributed by atoms with van der Waals surface area (Å²) in [5.74, 6) is -0.376. The molecule has 30 heavy (non-hydrogen) atoms. The predicted molar refractivity (Wildman–Crippen MR) is 114 cm³/mol. The predicted octanol–water partition coefficient (Wildman–Crippen LogP) is 4.47. The number of allylic oxidation sites excluding steroid dienone is 1. The maximum Gasteiger partial charge on any atom is 0.412 e. The molecule has 0 radical (unpaired) electrons. The second-order valence-corrected chi connectivity index (χ2v) is 6.70. The topological polar surface area (TPSA) is 105 Å². The Balaban J connectivity index is 2.02. The molecule has 2 rings (SSSR count). The van der Waals surface area contributed by atoms with Crippen molar-refractivity contribution < 1.29 is 29.3 Å². The van der Waals surface area contributed by atoms with Crippen LogP contribution in [0.4, 0.5) is 10.5 Å². The highest BCUT2D eigenvalue weighted by Gasteiger charge is 2.17. The van der Waals surface area contributed by atoms with Gasteiger partial charge in [-0.2, -0.15) is 0 Å². The van der Waals surface area contributed by atoms with Gasteiger partial charge in [0.2, 0.25) is 0 Å². The zero-order chi connectivity index (χ0) is 21.8. The average molecular weight is 413 g/mol. The largest absolute Gasteiger partial charge is 0.491 e. The Hall–Kier alpha value is -3.32. The van der Waals surface area contributed by atoms with Gasteiger partial charge >= 0.3 is 12.1 Å². The number of benzene rings is 2. The highest BCUT2D eigenvalue weighted by Crippen LogP contribution is 2.26. The molecule has 160 valence electrons. The molecular formula is C23H27NO6. The Bertz CT molecular complexity index is 830. The van der Waals surface area contributed by atoms with Gasteiger partial charge in [-0.05, 0) is 56.0 Å². The maximum absolute atomic E-state index is 12.4. The summed E-state index contributed by atoms with van der Waals surface area (Å²) < 4.78 is 11.0. The first kappa shape index (κ1) is 23.0. The van der Waals surface area contributed by atoms with Gasteiger partial charge in [0.25, 0.3) is 0 Å². The van der Waals surface area contributed by atoms with E-state index in [-0.39, 0.29) is 13.2 Å². The third-order valence-electron chi connectivity index (χ3n) is 4.26. The van der Waals surface area contributed by atoms with E-state index in [9.17, 15) is 9.59 Å². The van der Waals surface area contributed by atoms with Gasteiger partial charge in [0.1, 0.15) is 18.5 Å². The minimum Gasteiger partial charge on any atom is -0.491 e. The van der Waals surface area contributed by atoms with E-state index in [2.05, 4.69) is 5.32 Å². The van der Waals surface area contributed by atoms with Crippen LogP contribution in [0.3, 0.4) is 0 Å². The highest BCUT2D eigenvalue weighted by molar-refractivity contribution is 5.84. The fourth-order valence-electron chi connectivity index (χ4n) is 2.75. The van der Waals surface area contributed by atoms with Crippen LogP contribution in [0.15, 0.2) is 60.7 Å². The molecule has 2 aromatic carbocycles. The molecule has 0 heterocycles. The second-order valence-electron chi connectivity index (χ2n) is 6.70. The molecular weight excluding hydrogens is 386 g/mol. The minimum absolute atomic E-state index is 0.0729. The number of nitrogens with one attached hydrogen (secondary N) is 1. The Morgan fingerprint density at radius 3 is 2.43 bits per heavy atom. The zero-order valence-corrected chi connectivity index (χ0v) is 16.9. The van der Waals surface area contributed by atoms with Crippen molar-refractivity contribution in [1.29, 1.82) is 0 Å². The van der Waals surface area contributed by atoms with Gasteiger partial charge in [0.05, 0.1) is 6.61 Å². The van der Waals surface area contributed by atoms with Crippen molar-refractivity contribution in [2.45, 2.75) is 32.3 Å². The zero-order valence-electron chi connectivity index (χ0n) is 16.9. The van der Waals surface area contributed by atoms with Crippen molar-refractivity contribution >= 4 is 17.7 Å². The number of carboxylic acid groups (broad SMARTS) is 1. The second kappa shape index (κ2) is 12.3. The third kappa shape index (κ3) is 8.36. The van der Waals surface area contributed by atoms with E-state index in [1.54, 1.807) is 30.3 Å². The molecule has 0 fully saturated rings. The average Bonchev–Trinajstić information content (AvgIpc) is 2.73. The Labute approximate surface area is 176 Å². The molecule has 0 saturated carbocycles. The molecule has 0 aliphatic heterocycles.